The lowest BCUT2D eigenvalue weighted by Gasteiger charge is -2.07. The van der Waals surface area contributed by atoms with Crippen LogP contribution in [0.2, 0.25) is 0 Å². The lowest BCUT2D eigenvalue weighted by molar-refractivity contribution is 0.415. The second-order valence-corrected chi connectivity index (χ2v) is 5.73. The number of aryl methyl sites for hydroxylation is 1. The van der Waals surface area contributed by atoms with E-state index in [0.29, 0.717) is 12.4 Å². The molecule has 0 aliphatic carbocycles. The van der Waals surface area contributed by atoms with Crippen LogP contribution in [-0.2, 0) is 6.54 Å². The Kier molecular flexibility index (Phi) is 3.46. The minimum Gasteiger partial charge on any atom is -0.497 e. The first-order chi connectivity index (χ1) is 11.3. The second-order valence-electron chi connectivity index (χ2n) is 5.35. The minimum absolute atomic E-state index is 0.538. The van der Waals surface area contributed by atoms with Gasteiger partial charge in [0.15, 0.2) is 0 Å². The quantitative estimate of drug-likeness (QED) is 0.526. The van der Waals surface area contributed by atoms with Crippen molar-refractivity contribution >= 4 is 28.4 Å². The molecule has 116 valence electrons. The Hall–Kier alpha value is -2.46. The topological polar surface area (TPSA) is 31.5 Å². The van der Waals surface area contributed by atoms with Crippen molar-refractivity contribution in [2.45, 2.75) is 6.54 Å². The monoisotopic (exact) mass is 325 g/mol. The van der Waals surface area contributed by atoms with Gasteiger partial charge in [0.1, 0.15) is 5.75 Å². The Morgan fingerprint density at radius 3 is 2.61 bits per heavy atom. The number of methoxy groups -OCH3 is 1. The number of fused-ring (bicyclic) bond motifs is 3. The van der Waals surface area contributed by atoms with Crippen molar-refractivity contribution in [2.24, 2.45) is 0 Å². The molecule has 23 heavy (non-hydrogen) atoms. The summed E-state index contributed by atoms with van der Waals surface area (Å²) in [7, 11) is 1.67. The highest BCUT2D eigenvalue weighted by molar-refractivity contribution is 6.17. The average Bonchev–Trinajstić information content (AvgIpc) is 3.12. The zero-order chi connectivity index (χ0) is 15.8. The Morgan fingerprint density at radius 1 is 1.09 bits per heavy atom. The predicted octanol–water partition coefficient (Wildman–Crippen LogP) is 4.20. The van der Waals surface area contributed by atoms with Crippen molar-refractivity contribution in [3.05, 3.63) is 54.7 Å². The lowest BCUT2D eigenvalue weighted by Crippen LogP contribution is -2.02. The van der Waals surface area contributed by atoms with Gasteiger partial charge in [-0.3, -0.25) is 4.40 Å². The molecule has 0 spiro atoms. The van der Waals surface area contributed by atoms with Crippen molar-refractivity contribution in [1.82, 2.24) is 14.0 Å². The molecule has 4 aromatic rings. The number of aromatic nitrogens is 3. The zero-order valence-electron chi connectivity index (χ0n) is 12.7. The van der Waals surface area contributed by atoms with Gasteiger partial charge in [-0.2, -0.15) is 0 Å². The van der Waals surface area contributed by atoms with Crippen LogP contribution in [-0.4, -0.2) is 26.9 Å². The predicted molar refractivity (Wildman–Crippen MR) is 93.4 cm³/mol. The molecule has 0 bridgehead atoms. The number of rotatable bonds is 4. The van der Waals surface area contributed by atoms with E-state index in [-0.39, 0.29) is 0 Å². The second kappa shape index (κ2) is 5.63. The van der Waals surface area contributed by atoms with Crippen molar-refractivity contribution < 1.29 is 4.74 Å². The van der Waals surface area contributed by atoms with Gasteiger partial charge in [0.25, 0.3) is 0 Å². The third kappa shape index (κ3) is 2.26. The summed E-state index contributed by atoms with van der Waals surface area (Å²) < 4.78 is 9.53. The number of alkyl halides is 1. The fourth-order valence-electron chi connectivity index (χ4n) is 2.95. The Balaban J connectivity index is 1.95. The lowest BCUT2D eigenvalue weighted by atomic mass is 10.1. The fraction of sp³-hybridized carbons (Fsp3) is 0.167. The van der Waals surface area contributed by atoms with Crippen molar-refractivity contribution in [3.8, 4) is 17.0 Å². The van der Waals surface area contributed by atoms with E-state index in [4.69, 9.17) is 21.3 Å². The molecule has 2 heterocycles. The van der Waals surface area contributed by atoms with E-state index in [0.717, 1.165) is 33.8 Å². The van der Waals surface area contributed by atoms with Gasteiger partial charge in [-0.1, -0.05) is 12.1 Å². The number of para-hydroxylation sites is 2. The number of ether oxygens (including phenoxy) is 1. The third-order valence-corrected chi connectivity index (χ3v) is 4.22. The molecule has 0 unspecified atom stereocenters. The molecule has 0 aliphatic heterocycles. The van der Waals surface area contributed by atoms with Gasteiger partial charge in [-0.25, -0.2) is 4.98 Å². The van der Waals surface area contributed by atoms with Crippen LogP contribution >= 0.6 is 11.6 Å². The summed E-state index contributed by atoms with van der Waals surface area (Å²) >= 11 is 6.02. The minimum atomic E-state index is 0.538. The van der Waals surface area contributed by atoms with Crippen LogP contribution in [0.25, 0.3) is 28.1 Å². The molecule has 4 rings (SSSR count). The van der Waals surface area contributed by atoms with Gasteiger partial charge >= 0.3 is 0 Å². The van der Waals surface area contributed by atoms with Crippen molar-refractivity contribution in [2.75, 3.05) is 13.0 Å². The summed E-state index contributed by atoms with van der Waals surface area (Å²) in [4.78, 5) is 4.76. The standard InChI is InChI=1S/C18H16ClN3O/c1-23-14-8-6-13(7-9-14)17-12-22-16-5-3-2-4-15(16)20-18(22)21(17)11-10-19/h2-9,12H,10-11H2,1H3. The molecule has 0 aliphatic rings. The molecule has 0 saturated carbocycles. The highest BCUT2D eigenvalue weighted by Crippen LogP contribution is 2.28. The molecular weight excluding hydrogens is 310 g/mol. The molecule has 0 saturated heterocycles. The Morgan fingerprint density at radius 2 is 1.87 bits per heavy atom. The summed E-state index contributed by atoms with van der Waals surface area (Å²) in [6, 6.07) is 16.2. The first kappa shape index (κ1) is 14.2. The first-order valence-electron chi connectivity index (χ1n) is 7.48. The summed E-state index contributed by atoms with van der Waals surface area (Å²) in [5.41, 5.74) is 4.31. The maximum absolute atomic E-state index is 6.02. The number of halogens is 1. The van der Waals surface area contributed by atoms with Crippen LogP contribution in [0.5, 0.6) is 5.75 Å². The normalized spacial score (nSPS) is 11.4. The van der Waals surface area contributed by atoms with Gasteiger partial charge in [0.05, 0.1) is 23.8 Å². The van der Waals surface area contributed by atoms with Crippen LogP contribution < -0.4 is 4.74 Å². The van der Waals surface area contributed by atoms with Crippen LogP contribution in [0, 0.1) is 0 Å². The Bertz CT molecular complexity index is 969. The number of hydrogen-bond acceptors (Lipinski definition) is 2. The number of nitrogens with zero attached hydrogens (tertiary/aromatic N) is 3. The third-order valence-electron chi connectivity index (χ3n) is 4.05. The number of hydrogen-bond donors (Lipinski definition) is 0. The fourth-order valence-corrected chi connectivity index (χ4v) is 3.12. The van der Waals surface area contributed by atoms with E-state index in [1.165, 1.54) is 0 Å². The SMILES string of the molecule is COc1ccc(-c2cn3c4ccccc4nc3n2CCCl)cc1. The smallest absolute Gasteiger partial charge is 0.215 e. The van der Waals surface area contributed by atoms with Gasteiger partial charge in [-0.05, 0) is 36.4 Å². The van der Waals surface area contributed by atoms with Crippen molar-refractivity contribution in [1.29, 1.82) is 0 Å². The summed E-state index contributed by atoms with van der Waals surface area (Å²) in [5.74, 6) is 2.30. The molecule has 2 aromatic heterocycles. The zero-order valence-corrected chi connectivity index (χ0v) is 13.5. The highest BCUT2D eigenvalue weighted by Gasteiger charge is 2.14. The molecule has 0 amide bonds. The molecule has 5 heteroatoms. The number of benzene rings is 2. The van der Waals surface area contributed by atoms with Gasteiger partial charge in [0, 0.05) is 24.2 Å². The first-order valence-corrected chi connectivity index (χ1v) is 8.02. The average molecular weight is 326 g/mol. The number of imidazole rings is 2. The molecule has 0 atom stereocenters. The van der Waals surface area contributed by atoms with E-state index in [2.05, 4.69) is 33.4 Å². The van der Waals surface area contributed by atoms with Crippen LogP contribution in [0.1, 0.15) is 0 Å². The summed E-state index contributed by atoms with van der Waals surface area (Å²) in [6.45, 7) is 0.711. The van der Waals surface area contributed by atoms with E-state index in [1.54, 1.807) is 7.11 Å². The molecular formula is C18H16ClN3O. The van der Waals surface area contributed by atoms with Crippen LogP contribution in [0.4, 0.5) is 0 Å². The van der Waals surface area contributed by atoms with E-state index >= 15 is 0 Å². The van der Waals surface area contributed by atoms with E-state index in [9.17, 15) is 0 Å². The molecule has 0 radical (unpaired) electrons. The highest BCUT2D eigenvalue weighted by atomic mass is 35.5. The largest absolute Gasteiger partial charge is 0.497 e. The molecule has 4 nitrogen and oxygen atoms in total. The maximum Gasteiger partial charge on any atom is 0.215 e. The summed E-state index contributed by atoms with van der Waals surface area (Å²) in [5, 5.41) is 0. The molecule has 0 fully saturated rings. The van der Waals surface area contributed by atoms with E-state index < -0.39 is 0 Å². The summed E-state index contributed by atoms with van der Waals surface area (Å²) in [6.07, 6.45) is 2.12. The van der Waals surface area contributed by atoms with Crippen LogP contribution in [0.15, 0.2) is 54.7 Å². The Labute approximate surface area is 138 Å². The van der Waals surface area contributed by atoms with Gasteiger partial charge in [0.2, 0.25) is 5.78 Å². The van der Waals surface area contributed by atoms with Gasteiger partial charge in [-0.15, -0.1) is 11.6 Å². The van der Waals surface area contributed by atoms with Gasteiger partial charge < -0.3 is 9.30 Å². The van der Waals surface area contributed by atoms with Crippen LogP contribution in [0.3, 0.4) is 0 Å². The molecule has 0 N–H and O–H groups in total. The molecule has 2 aromatic carbocycles. The van der Waals surface area contributed by atoms with Crippen molar-refractivity contribution in [3.63, 3.8) is 0 Å². The van der Waals surface area contributed by atoms with E-state index in [1.807, 2.05) is 30.3 Å². The maximum atomic E-state index is 6.02.